The fraction of sp³-hybridized carbons (Fsp3) is 0.188. The van der Waals surface area contributed by atoms with E-state index in [0.717, 1.165) is 6.26 Å². The SMILES string of the molecule is Cc1cc(=O)n2nc(C)c(=Cc3cc(Cl)c(NS(C)(=O)=O)c(Cl)c3)c2n1. The normalized spacial score (nSPS) is 12.7. The van der Waals surface area contributed by atoms with Gasteiger partial charge in [-0.2, -0.15) is 9.61 Å². The Bertz CT molecular complexity index is 1230. The fourth-order valence-corrected chi connectivity index (χ4v) is 3.82. The van der Waals surface area contributed by atoms with Gasteiger partial charge in [0.2, 0.25) is 10.0 Å². The third kappa shape index (κ3) is 3.67. The molecule has 7 nitrogen and oxygen atoms in total. The summed E-state index contributed by atoms with van der Waals surface area (Å²) in [5.41, 5.74) is 2.09. The molecule has 3 aromatic rings. The predicted octanol–water partition coefficient (Wildman–Crippen LogP) is 1.93. The molecular weight excluding hydrogens is 399 g/mol. The van der Waals surface area contributed by atoms with Gasteiger partial charge in [0, 0.05) is 17.0 Å². The van der Waals surface area contributed by atoms with Crippen molar-refractivity contribution in [3.63, 3.8) is 0 Å². The van der Waals surface area contributed by atoms with Crippen LogP contribution in [0.4, 0.5) is 5.69 Å². The average molecular weight is 413 g/mol. The molecule has 0 radical (unpaired) electrons. The van der Waals surface area contributed by atoms with E-state index in [1.165, 1.54) is 10.6 Å². The van der Waals surface area contributed by atoms with E-state index in [2.05, 4.69) is 14.8 Å². The zero-order chi connectivity index (χ0) is 19.2. The van der Waals surface area contributed by atoms with Crippen molar-refractivity contribution < 1.29 is 8.42 Å². The number of anilines is 1. The number of hydrogen-bond acceptors (Lipinski definition) is 5. The van der Waals surface area contributed by atoms with Crippen molar-refractivity contribution in [1.82, 2.24) is 14.6 Å². The van der Waals surface area contributed by atoms with E-state index in [4.69, 9.17) is 23.2 Å². The maximum absolute atomic E-state index is 12.0. The van der Waals surface area contributed by atoms with Crippen LogP contribution >= 0.6 is 23.2 Å². The number of nitrogens with one attached hydrogen (secondary N) is 1. The molecule has 0 unspecified atom stereocenters. The van der Waals surface area contributed by atoms with Crippen LogP contribution in [0.25, 0.3) is 11.7 Å². The summed E-state index contributed by atoms with van der Waals surface area (Å²) in [4.78, 5) is 16.4. The number of benzene rings is 1. The molecule has 0 saturated carbocycles. The Labute approximate surface area is 159 Å². The minimum Gasteiger partial charge on any atom is -0.281 e. The molecule has 0 aliphatic rings. The van der Waals surface area contributed by atoms with Gasteiger partial charge in [-0.05, 0) is 37.6 Å². The standard InChI is InChI=1S/C16H14Cl2N4O3S/c1-8-4-14(23)22-16(19-8)11(9(2)20-22)5-10-6-12(17)15(13(18)7-10)21-26(3,24)25/h4-7,21H,1-3H3. The van der Waals surface area contributed by atoms with Crippen LogP contribution in [0.1, 0.15) is 17.0 Å². The molecule has 0 aliphatic carbocycles. The van der Waals surface area contributed by atoms with Crippen LogP contribution in [0.3, 0.4) is 0 Å². The van der Waals surface area contributed by atoms with E-state index in [0.29, 0.717) is 27.8 Å². The lowest BCUT2D eigenvalue weighted by Crippen LogP contribution is -2.16. The van der Waals surface area contributed by atoms with Crippen molar-refractivity contribution in [3.05, 3.63) is 60.8 Å². The predicted molar refractivity (Wildman–Crippen MR) is 102 cm³/mol. The quantitative estimate of drug-likeness (QED) is 0.709. The highest BCUT2D eigenvalue weighted by molar-refractivity contribution is 7.92. The van der Waals surface area contributed by atoms with Gasteiger partial charge in [-0.25, -0.2) is 13.4 Å². The van der Waals surface area contributed by atoms with Crippen molar-refractivity contribution in [1.29, 1.82) is 0 Å². The van der Waals surface area contributed by atoms with Gasteiger partial charge in [0.1, 0.15) is 0 Å². The number of nitrogens with zero attached hydrogens (tertiary/aromatic N) is 3. The maximum atomic E-state index is 12.0. The Balaban J connectivity index is 2.22. The monoisotopic (exact) mass is 412 g/mol. The Hall–Kier alpha value is -2.16. The van der Waals surface area contributed by atoms with Crippen molar-refractivity contribution in [2.45, 2.75) is 13.8 Å². The second-order valence-corrected chi connectivity index (χ2v) is 8.41. The lowest BCUT2D eigenvalue weighted by atomic mass is 10.1. The van der Waals surface area contributed by atoms with E-state index in [9.17, 15) is 13.2 Å². The summed E-state index contributed by atoms with van der Waals surface area (Å²) in [6.07, 6.45) is 2.75. The molecule has 1 N–H and O–H groups in total. The average Bonchev–Trinajstić information content (AvgIpc) is 2.79. The minimum absolute atomic E-state index is 0.111. The summed E-state index contributed by atoms with van der Waals surface area (Å²) in [6, 6.07) is 4.54. The lowest BCUT2D eigenvalue weighted by Gasteiger charge is -2.09. The van der Waals surface area contributed by atoms with Crippen LogP contribution in [-0.2, 0) is 10.0 Å². The van der Waals surface area contributed by atoms with E-state index >= 15 is 0 Å². The molecule has 136 valence electrons. The van der Waals surface area contributed by atoms with Crippen LogP contribution in [0, 0.1) is 13.8 Å². The molecule has 0 amide bonds. The zero-order valence-electron chi connectivity index (χ0n) is 14.0. The van der Waals surface area contributed by atoms with Crippen LogP contribution in [0.15, 0.2) is 23.0 Å². The molecule has 26 heavy (non-hydrogen) atoms. The maximum Gasteiger partial charge on any atom is 0.274 e. The van der Waals surface area contributed by atoms with Crippen LogP contribution in [0.5, 0.6) is 0 Å². The van der Waals surface area contributed by atoms with Gasteiger partial charge in [-0.15, -0.1) is 0 Å². The summed E-state index contributed by atoms with van der Waals surface area (Å²) in [6.45, 7) is 3.49. The third-order valence-corrected chi connectivity index (χ3v) is 4.74. The molecule has 3 rings (SSSR count). The van der Waals surface area contributed by atoms with Gasteiger partial charge in [-0.1, -0.05) is 23.2 Å². The number of halogens is 2. The molecule has 0 saturated heterocycles. The van der Waals surface area contributed by atoms with Crippen molar-refractivity contribution in [3.8, 4) is 0 Å². The number of rotatable bonds is 3. The van der Waals surface area contributed by atoms with E-state index < -0.39 is 10.0 Å². The van der Waals surface area contributed by atoms with Crippen molar-refractivity contribution in [2.75, 3.05) is 11.0 Å². The van der Waals surface area contributed by atoms with Gasteiger partial charge in [0.05, 0.1) is 27.7 Å². The van der Waals surface area contributed by atoms with Crippen LogP contribution in [0.2, 0.25) is 10.0 Å². The number of fused-ring (bicyclic) bond motifs is 1. The van der Waals surface area contributed by atoms with Crippen molar-refractivity contribution in [2.24, 2.45) is 0 Å². The first-order chi connectivity index (χ1) is 12.0. The zero-order valence-corrected chi connectivity index (χ0v) is 16.4. The molecule has 0 bridgehead atoms. The van der Waals surface area contributed by atoms with E-state index in [1.54, 1.807) is 32.1 Å². The summed E-state index contributed by atoms with van der Waals surface area (Å²) in [7, 11) is -3.52. The fourth-order valence-electron chi connectivity index (χ4n) is 2.52. The smallest absolute Gasteiger partial charge is 0.274 e. The van der Waals surface area contributed by atoms with E-state index in [-0.39, 0.29) is 21.3 Å². The van der Waals surface area contributed by atoms with Crippen LogP contribution < -0.4 is 15.5 Å². The first-order valence-electron chi connectivity index (χ1n) is 7.41. The highest BCUT2D eigenvalue weighted by Crippen LogP contribution is 2.32. The van der Waals surface area contributed by atoms with Crippen molar-refractivity contribution >= 4 is 50.6 Å². The highest BCUT2D eigenvalue weighted by atomic mass is 35.5. The van der Waals surface area contributed by atoms with Gasteiger partial charge in [-0.3, -0.25) is 9.52 Å². The molecule has 2 heterocycles. The second kappa shape index (κ2) is 6.53. The molecular formula is C16H14Cl2N4O3S. The number of aromatic nitrogens is 3. The van der Waals surface area contributed by atoms with Gasteiger partial charge < -0.3 is 0 Å². The molecule has 1 aromatic carbocycles. The highest BCUT2D eigenvalue weighted by Gasteiger charge is 2.13. The van der Waals surface area contributed by atoms with Gasteiger partial charge in [0.25, 0.3) is 5.56 Å². The molecule has 0 aliphatic heterocycles. The Morgan fingerprint density at radius 2 is 1.77 bits per heavy atom. The molecule has 0 fully saturated rings. The second-order valence-electron chi connectivity index (χ2n) is 5.85. The molecule has 2 aromatic heterocycles. The number of sulfonamides is 1. The summed E-state index contributed by atoms with van der Waals surface area (Å²) >= 11 is 12.3. The molecule has 0 spiro atoms. The van der Waals surface area contributed by atoms with E-state index in [1.807, 2.05) is 0 Å². The molecule has 0 atom stereocenters. The Morgan fingerprint density at radius 3 is 2.35 bits per heavy atom. The minimum atomic E-state index is -3.52. The lowest BCUT2D eigenvalue weighted by molar-refractivity contribution is 0.607. The summed E-state index contributed by atoms with van der Waals surface area (Å²) in [5, 5.41) is 5.17. The van der Waals surface area contributed by atoms with Gasteiger partial charge >= 0.3 is 0 Å². The van der Waals surface area contributed by atoms with Crippen LogP contribution in [-0.4, -0.2) is 29.3 Å². The topological polar surface area (TPSA) is 93.4 Å². The summed E-state index contributed by atoms with van der Waals surface area (Å²) in [5.74, 6) is 0. The Kier molecular flexibility index (Phi) is 4.68. The summed E-state index contributed by atoms with van der Waals surface area (Å²) < 4.78 is 26.3. The largest absolute Gasteiger partial charge is 0.281 e. The number of aryl methyl sites for hydroxylation is 2. The Morgan fingerprint density at radius 1 is 1.15 bits per heavy atom. The molecule has 10 heteroatoms. The van der Waals surface area contributed by atoms with Gasteiger partial charge in [0.15, 0.2) is 5.65 Å². The third-order valence-electron chi connectivity index (χ3n) is 3.57. The first kappa shape index (κ1) is 18.6. The number of hydrogen-bond donors (Lipinski definition) is 1. The first-order valence-corrected chi connectivity index (χ1v) is 10.1.